The molecule has 2 aromatic heterocycles. The van der Waals surface area contributed by atoms with E-state index in [2.05, 4.69) is 214 Å². The van der Waals surface area contributed by atoms with Gasteiger partial charge in [0.25, 0.3) is 0 Å². The lowest BCUT2D eigenvalue weighted by Gasteiger charge is -2.25. The van der Waals surface area contributed by atoms with E-state index in [0.717, 1.165) is 61.6 Å². The van der Waals surface area contributed by atoms with Crippen molar-refractivity contribution in [2.75, 3.05) is 0 Å². The zero-order valence-electron chi connectivity index (χ0n) is 37.7. The number of fused-ring (bicyclic) bond motifs is 1. The molecule has 4 heteroatoms. The summed E-state index contributed by atoms with van der Waals surface area (Å²) in [6, 6.07) is 48.1. The van der Waals surface area contributed by atoms with Crippen LogP contribution in [0.2, 0.25) is 0 Å². The first-order valence-electron chi connectivity index (χ1n) is 21.8. The molecule has 0 spiro atoms. The molecule has 0 aliphatic heterocycles. The van der Waals surface area contributed by atoms with Crippen molar-refractivity contribution < 1.29 is 5.11 Å². The molecule has 1 N–H and O–H groups in total. The van der Waals surface area contributed by atoms with Crippen LogP contribution in [0, 0.1) is 6.92 Å². The van der Waals surface area contributed by atoms with Crippen molar-refractivity contribution in [2.45, 2.75) is 98.8 Å². The van der Waals surface area contributed by atoms with E-state index < -0.39 is 0 Å². The third kappa shape index (κ3) is 8.16. The Labute approximate surface area is 363 Å². The van der Waals surface area contributed by atoms with Gasteiger partial charge in [0.15, 0.2) is 0 Å². The molecule has 0 saturated carbocycles. The van der Waals surface area contributed by atoms with Crippen LogP contribution in [0.3, 0.4) is 0 Å². The SMILES string of the molecule is Cc1ccc(-c2ccnc(-c3cc(-c4cccc5c4nc(-c4cc(C(C)C)cc(C(C)C)c4O)n5-c4ccc(-c5ccccc5)c(C(C)(C)C)c4)cc(C(C)(C)C)c3)c2)cc1. The summed E-state index contributed by atoms with van der Waals surface area (Å²) in [5.74, 6) is 1.39. The topological polar surface area (TPSA) is 50.9 Å². The van der Waals surface area contributed by atoms with Gasteiger partial charge in [0.2, 0.25) is 0 Å². The first-order chi connectivity index (χ1) is 29.0. The molecule has 4 nitrogen and oxygen atoms in total. The lowest BCUT2D eigenvalue weighted by Crippen LogP contribution is -2.14. The standard InChI is InChI=1S/C57H59N3O/c1-35(2)41-31-48(36(3)4)54(61)49(32-41)55-59-53-47(18-15-19-52(53)60(55)45-24-25-46(39-16-13-12-14-17-39)50(34-45)57(9,10)11)42-28-43(30-44(29-42)56(6,7)8)51-33-40(26-27-58-51)38-22-20-37(5)21-23-38/h12-36,61H,1-11H3. The van der Waals surface area contributed by atoms with Gasteiger partial charge in [0.05, 0.1) is 22.3 Å². The molecule has 0 unspecified atom stereocenters. The Kier molecular flexibility index (Phi) is 10.9. The summed E-state index contributed by atoms with van der Waals surface area (Å²) in [5.41, 5.74) is 17.9. The molecule has 6 aromatic carbocycles. The second kappa shape index (κ2) is 16.0. The minimum atomic E-state index is -0.151. The predicted octanol–water partition coefficient (Wildman–Crippen LogP) is 15.6. The normalized spacial score (nSPS) is 12.2. The van der Waals surface area contributed by atoms with Gasteiger partial charge in [-0.1, -0.05) is 160 Å². The molecular formula is C57H59N3O. The largest absolute Gasteiger partial charge is 0.507 e. The Morgan fingerprint density at radius 3 is 1.95 bits per heavy atom. The number of pyridine rings is 1. The predicted molar refractivity (Wildman–Crippen MR) is 258 cm³/mol. The number of nitrogens with zero attached hydrogens (tertiary/aromatic N) is 3. The third-order valence-corrected chi connectivity index (χ3v) is 12.1. The molecule has 308 valence electrons. The number of phenolic OH excluding ortho intramolecular Hbond substituents is 1. The summed E-state index contributed by atoms with van der Waals surface area (Å²) in [4.78, 5) is 10.5. The van der Waals surface area contributed by atoms with Crippen molar-refractivity contribution in [3.8, 4) is 67.5 Å². The van der Waals surface area contributed by atoms with E-state index in [9.17, 15) is 5.11 Å². The van der Waals surface area contributed by atoms with Crippen LogP contribution in [0.5, 0.6) is 5.75 Å². The van der Waals surface area contributed by atoms with Gasteiger partial charge in [-0.3, -0.25) is 9.55 Å². The minimum Gasteiger partial charge on any atom is -0.507 e. The first kappa shape index (κ1) is 41.5. The fraction of sp³-hybridized carbons (Fsp3) is 0.263. The van der Waals surface area contributed by atoms with Crippen LogP contribution in [0.15, 0.2) is 140 Å². The van der Waals surface area contributed by atoms with Crippen molar-refractivity contribution in [2.24, 2.45) is 0 Å². The number of para-hydroxylation sites is 1. The fourth-order valence-corrected chi connectivity index (χ4v) is 8.44. The van der Waals surface area contributed by atoms with E-state index in [1.165, 1.54) is 38.9 Å². The van der Waals surface area contributed by atoms with Crippen LogP contribution in [-0.4, -0.2) is 19.6 Å². The summed E-state index contributed by atoms with van der Waals surface area (Å²) in [6.07, 6.45) is 1.92. The van der Waals surface area contributed by atoms with E-state index in [0.29, 0.717) is 0 Å². The van der Waals surface area contributed by atoms with Crippen LogP contribution >= 0.6 is 0 Å². The van der Waals surface area contributed by atoms with Crippen molar-refractivity contribution in [3.63, 3.8) is 0 Å². The van der Waals surface area contributed by atoms with Gasteiger partial charge in [-0.2, -0.15) is 0 Å². The number of imidazole rings is 1. The zero-order valence-corrected chi connectivity index (χ0v) is 37.7. The lowest BCUT2D eigenvalue weighted by atomic mass is 9.81. The van der Waals surface area contributed by atoms with Gasteiger partial charge in [-0.25, -0.2) is 4.98 Å². The number of aryl methyl sites for hydroxylation is 1. The summed E-state index contributed by atoms with van der Waals surface area (Å²) in [6.45, 7) is 24.5. The second-order valence-corrected chi connectivity index (χ2v) is 19.5. The molecular weight excluding hydrogens is 743 g/mol. The first-order valence-corrected chi connectivity index (χ1v) is 21.8. The molecule has 8 rings (SSSR count). The fourth-order valence-electron chi connectivity index (χ4n) is 8.44. The van der Waals surface area contributed by atoms with E-state index in [-0.39, 0.29) is 28.4 Å². The zero-order chi connectivity index (χ0) is 43.4. The van der Waals surface area contributed by atoms with E-state index in [1.807, 2.05) is 6.20 Å². The molecule has 0 amide bonds. The molecule has 61 heavy (non-hydrogen) atoms. The van der Waals surface area contributed by atoms with Crippen molar-refractivity contribution in [3.05, 3.63) is 167 Å². The second-order valence-electron chi connectivity index (χ2n) is 19.5. The van der Waals surface area contributed by atoms with E-state index >= 15 is 0 Å². The molecule has 0 saturated heterocycles. The molecule has 0 aliphatic carbocycles. The van der Waals surface area contributed by atoms with Gasteiger partial charge in [0.1, 0.15) is 11.6 Å². The van der Waals surface area contributed by atoms with Crippen molar-refractivity contribution in [1.82, 2.24) is 14.5 Å². The van der Waals surface area contributed by atoms with Gasteiger partial charge < -0.3 is 5.11 Å². The highest BCUT2D eigenvalue weighted by atomic mass is 16.3. The maximum Gasteiger partial charge on any atom is 0.149 e. The minimum absolute atomic E-state index is 0.125. The molecule has 0 atom stereocenters. The van der Waals surface area contributed by atoms with Gasteiger partial charge in [-0.05, 0) is 128 Å². The monoisotopic (exact) mass is 801 g/mol. The number of rotatable bonds is 8. The third-order valence-electron chi connectivity index (χ3n) is 12.1. The number of aromatic nitrogens is 3. The molecule has 0 radical (unpaired) electrons. The van der Waals surface area contributed by atoms with E-state index in [4.69, 9.17) is 9.97 Å². The maximum absolute atomic E-state index is 12.2. The summed E-state index contributed by atoms with van der Waals surface area (Å²) < 4.78 is 2.27. The van der Waals surface area contributed by atoms with Gasteiger partial charge in [0, 0.05) is 23.0 Å². The Morgan fingerprint density at radius 2 is 1.28 bits per heavy atom. The number of benzene rings is 6. The van der Waals surface area contributed by atoms with Crippen LogP contribution in [0.4, 0.5) is 0 Å². The summed E-state index contributed by atoms with van der Waals surface area (Å²) in [7, 11) is 0. The van der Waals surface area contributed by atoms with Gasteiger partial charge in [-0.15, -0.1) is 0 Å². The number of phenols is 1. The van der Waals surface area contributed by atoms with Crippen molar-refractivity contribution in [1.29, 1.82) is 0 Å². The van der Waals surface area contributed by atoms with Crippen molar-refractivity contribution >= 4 is 11.0 Å². The van der Waals surface area contributed by atoms with Gasteiger partial charge >= 0.3 is 0 Å². The van der Waals surface area contributed by atoms with Crippen LogP contribution < -0.4 is 0 Å². The number of hydrogen-bond donors (Lipinski definition) is 1. The Balaban J connectivity index is 1.41. The molecule has 0 aliphatic rings. The smallest absolute Gasteiger partial charge is 0.149 e. The van der Waals surface area contributed by atoms with Crippen LogP contribution in [0.1, 0.15) is 109 Å². The molecule has 2 heterocycles. The number of hydrogen-bond acceptors (Lipinski definition) is 3. The summed E-state index contributed by atoms with van der Waals surface area (Å²) >= 11 is 0. The highest BCUT2D eigenvalue weighted by Gasteiger charge is 2.26. The molecule has 8 aromatic rings. The number of aromatic hydroxyl groups is 1. The quantitative estimate of drug-likeness (QED) is 0.166. The lowest BCUT2D eigenvalue weighted by molar-refractivity contribution is 0.466. The average molecular weight is 802 g/mol. The Morgan fingerprint density at radius 1 is 0.557 bits per heavy atom. The highest BCUT2D eigenvalue weighted by molar-refractivity contribution is 5.97. The Hall–Kier alpha value is -6.26. The maximum atomic E-state index is 12.2. The Bertz CT molecular complexity index is 2880. The van der Waals surface area contributed by atoms with Crippen LogP contribution in [0.25, 0.3) is 72.7 Å². The average Bonchev–Trinajstić information content (AvgIpc) is 3.63. The molecule has 0 bridgehead atoms. The molecule has 0 fully saturated rings. The van der Waals surface area contributed by atoms with E-state index in [1.54, 1.807) is 0 Å². The summed E-state index contributed by atoms with van der Waals surface area (Å²) in [5, 5.41) is 12.2. The highest BCUT2D eigenvalue weighted by Crippen LogP contribution is 2.44. The van der Waals surface area contributed by atoms with Crippen LogP contribution in [-0.2, 0) is 10.8 Å².